The molecule has 1 aliphatic carbocycles. The standard InChI is InChI=1S/C21H21N3O/c25-21-19(9-17-3-1-7-22-11-17)14-24(13-16-5-6-16)15-20(21)10-18-4-2-8-23-12-18/h1-4,7-12,16H,5-6,13-15H2. The molecule has 1 aliphatic heterocycles. The molecule has 2 fully saturated rings. The molecule has 4 rings (SSSR count). The van der Waals surface area contributed by atoms with Crippen LogP contribution in [0.25, 0.3) is 12.2 Å². The predicted molar refractivity (Wildman–Crippen MR) is 98.6 cm³/mol. The summed E-state index contributed by atoms with van der Waals surface area (Å²) in [6.07, 6.45) is 13.7. The largest absolute Gasteiger partial charge is 0.294 e. The lowest BCUT2D eigenvalue weighted by molar-refractivity contribution is -0.113. The van der Waals surface area contributed by atoms with Crippen molar-refractivity contribution in [2.75, 3.05) is 19.6 Å². The lowest BCUT2D eigenvalue weighted by Gasteiger charge is -2.29. The third kappa shape index (κ3) is 4.09. The Morgan fingerprint density at radius 1 is 0.960 bits per heavy atom. The van der Waals surface area contributed by atoms with Gasteiger partial charge in [0.05, 0.1) is 0 Å². The van der Waals surface area contributed by atoms with Crippen LogP contribution in [0.15, 0.2) is 60.2 Å². The summed E-state index contributed by atoms with van der Waals surface area (Å²) in [5, 5.41) is 0. The normalized spacial score (nSPS) is 21.8. The molecule has 0 spiro atoms. The van der Waals surface area contributed by atoms with Crippen molar-refractivity contribution in [1.29, 1.82) is 0 Å². The molecule has 4 nitrogen and oxygen atoms in total. The summed E-state index contributed by atoms with van der Waals surface area (Å²) in [6.45, 7) is 2.51. The van der Waals surface area contributed by atoms with E-state index in [9.17, 15) is 4.79 Å². The number of ketones is 1. The van der Waals surface area contributed by atoms with Crippen molar-refractivity contribution in [1.82, 2.24) is 14.9 Å². The molecule has 0 bridgehead atoms. The van der Waals surface area contributed by atoms with Crippen LogP contribution in [-0.4, -0.2) is 40.3 Å². The van der Waals surface area contributed by atoms with Crippen molar-refractivity contribution >= 4 is 17.9 Å². The molecule has 0 radical (unpaired) electrons. The highest BCUT2D eigenvalue weighted by molar-refractivity contribution is 6.14. The summed E-state index contributed by atoms with van der Waals surface area (Å²) in [6, 6.07) is 7.76. The summed E-state index contributed by atoms with van der Waals surface area (Å²) < 4.78 is 0. The van der Waals surface area contributed by atoms with Gasteiger partial charge in [-0.25, -0.2) is 0 Å². The molecule has 0 atom stereocenters. The molecule has 126 valence electrons. The Kier molecular flexibility index (Phi) is 4.53. The summed E-state index contributed by atoms with van der Waals surface area (Å²) >= 11 is 0. The number of hydrogen-bond acceptors (Lipinski definition) is 4. The number of carbonyl (C=O) groups is 1. The van der Waals surface area contributed by atoms with Crippen molar-refractivity contribution < 1.29 is 4.79 Å². The maximum absolute atomic E-state index is 13.0. The van der Waals surface area contributed by atoms with E-state index in [0.29, 0.717) is 13.1 Å². The summed E-state index contributed by atoms with van der Waals surface area (Å²) in [7, 11) is 0. The molecular formula is C21H21N3O. The zero-order valence-electron chi connectivity index (χ0n) is 14.1. The third-order valence-corrected chi connectivity index (χ3v) is 4.64. The smallest absolute Gasteiger partial charge is 0.187 e. The van der Waals surface area contributed by atoms with E-state index in [0.717, 1.165) is 34.7 Å². The molecule has 2 aliphatic rings. The summed E-state index contributed by atoms with van der Waals surface area (Å²) in [5.41, 5.74) is 3.63. The lowest BCUT2D eigenvalue weighted by atomic mass is 9.94. The van der Waals surface area contributed by atoms with E-state index in [-0.39, 0.29) is 5.78 Å². The molecule has 0 unspecified atom stereocenters. The number of pyridine rings is 2. The van der Waals surface area contributed by atoms with Crippen LogP contribution >= 0.6 is 0 Å². The molecule has 1 saturated heterocycles. The Morgan fingerprint density at radius 2 is 1.52 bits per heavy atom. The van der Waals surface area contributed by atoms with Gasteiger partial charge in [-0.3, -0.25) is 19.7 Å². The number of rotatable bonds is 4. The third-order valence-electron chi connectivity index (χ3n) is 4.64. The number of carbonyl (C=O) groups excluding carboxylic acids is 1. The van der Waals surface area contributed by atoms with Crippen LogP contribution < -0.4 is 0 Å². The van der Waals surface area contributed by atoms with Crippen LogP contribution in [0.3, 0.4) is 0 Å². The zero-order valence-corrected chi connectivity index (χ0v) is 14.1. The van der Waals surface area contributed by atoms with Crippen LogP contribution in [-0.2, 0) is 4.79 Å². The highest BCUT2D eigenvalue weighted by Crippen LogP contribution is 2.32. The van der Waals surface area contributed by atoms with Gasteiger partial charge in [-0.1, -0.05) is 12.1 Å². The van der Waals surface area contributed by atoms with Crippen LogP contribution in [0.5, 0.6) is 0 Å². The molecule has 1 saturated carbocycles. The number of Topliss-reactive ketones (excluding diaryl/α,β-unsaturated/α-hetero) is 1. The maximum Gasteiger partial charge on any atom is 0.187 e. The minimum absolute atomic E-state index is 0.139. The van der Waals surface area contributed by atoms with Crippen molar-refractivity contribution in [2.45, 2.75) is 12.8 Å². The average Bonchev–Trinajstić information content (AvgIpc) is 3.45. The van der Waals surface area contributed by atoms with E-state index < -0.39 is 0 Å². The molecule has 4 heteroatoms. The molecule has 2 aromatic heterocycles. The van der Waals surface area contributed by atoms with Gasteiger partial charge in [-0.15, -0.1) is 0 Å². The topological polar surface area (TPSA) is 46.1 Å². The van der Waals surface area contributed by atoms with Gasteiger partial charge >= 0.3 is 0 Å². The van der Waals surface area contributed by atoms with E-state index in [2.05, 4.69) is 14.9 Å². The molecule has 0 N–H and O–H groups in total. The fourth-order valence-corrected chi connectivity index (χ4v) is 3.23. The Bertz CT molecular complexity index is 746. The van der Waals surface area contributed by atoms with Crippen molar-refractivity contribution in [3.63, 3.8) is 0 Å². The Morgan fingerprint density at radius 3 is 1.96 bits per heavy atom. The first-order valence-corrected chi connectivity index (χ1v) is 8.76. The average molecular weight is 331 g/mol. The van der Waals surface area contributed by atoms with Gasteiger partial charge < -0.3 is 0 Å². The SMILES string of the molecule is O=C1C(=Cc2cccnc2)CN(CC2CC2)CC1=Cc1cccnc1. The molecule has 0 amide bonds. The van der Waals surface area contributed by atoms with Crippen LogP contribution in [0.2, 0.25) is 0 Å². The van der Waals surface area contributed by atoms with Crippen molar-refractivity contribution in [3.8, 4) is 0 Å². The first-order valence-electron chi connectivity index (χ1n) is 8.76. The van der Waals surface area contributed by atoms with Crippen molar-refractivity contribution in [2.24, 2.45) is 5.92 Å². The highest BCUT2D eigenvalue weighted by atomic mass is 16.1. The quantitative estimate of drug-likeness (QED) is 0.807. The Balaban J connectivity index is 1.64. The molecule has 3 heterocycles. The predicted octanol–water partition coefficient (Wildman–Crippen LogP) is 3.24. The fraction of sp³-hybridized carbons (Fsp3) is 0.286. The van der Waals surface area contributed by atoms with Gasteiger partial charge in [-0.2, -0.15) is 0 Å². The van der Waals surface area contributed by atoms with Gasteiger partial charge in [0.25, 0.3) is 0 Å². The van der Waals surface area contributed by atoms with Gasteiger partial charge in [0, 0.05) is 55.6 Å². The second kappa shape index (κ2) is 7.11. The van der Waals surface area contributed by atoms with Crippen LogP contribution in [0.1, 0.15) is 24.0 Å². The minimum Gasteiger partial charge on any atom is -0.294 e. The van der Waals surface area contributed by atoms with E-state index in [1.165, 1.54) is 12.8 Å². The zero-order chi connectivity index (χ0) is 17.1. The fourth-order valence-electron chi connectivity index (χ4n) is 3.23. The number of likely N-dealkylation sites (tertiary alicyclic amines) is 1. The second-order valence-electron chi connectivity index (χ2n) is 6.85. The number of nitrogens with zero attached hydrogens (tertiary/aromatic N) is 3. The second-order valence-corrected chi connectivity index (χ2v) is 6.85. The lowest BCUT2D eigenvalue weighted by Crippen LogP contribution is -2.38. The van der Waals surface area contributed by atoms with E-state index in [1.807, 2.05) is 36.4 Å². The summed E-state index contributed by atoms with van der Waals surface area (Å²) in [5.74, 6) is 0.937. The monoisotopic (exact) mass is 331 g/mol. The number of piperidine rings is 1. The van der Waals surface area contributed by atoms with E-state index in [4.69, 9.17) is 0 Å². The summed E-state index contributed by atoms with van der Waals surface area (Å²) in [4.78, 5) is 23.7. The van der Waals surface area contributed by atoms with E-state index in [1.54, 1.807) is 24.8 Å². The van der Waals surface area contributed by atoms with Crippen LogP contribution in [0, 0.1) is 5.92 Å². The van der Waals surface area contributed by atoms with Gasteiger partial charge in [-0.05, 0) is 54.2 Å². The van der Waals surface area contributed by atoms with Gasteiger partial charge in [0.2, 0.25) is 0 Å². The molecular weight excluding hydrogens is 310 g/mol. The Hall–Kier alpha value is -2.59. The number of hydrogen-bond donors (Lipinski definition) is 0. The van der Waals surface area contributed by atoms with Crippen LogP contribution in [0.4, 0.5) is 0 Å². The van der Waals surface area contributed by atoms with Gasteiger partial charge in [0.1, 0.15) is 0 Å². The van der Waals surface area contributed by atoms with Crippen molar-refractivity contribution in [3.05, 3.63) is 71.3 Å². The molecule has 0 aromatic carbocycles. The highest BCUT2D eigenvalue weighted by Gasteiger charge is 2.30. The first-order chi connectivity index (χ1) is 12.3. The van der Waals surface area contributed by atoms with Gasteiger partial charge in [0.15, 0.2) is 5.78 Å². The maximum atomic E-state index is 13.0. The number of aromatic nitrogens is 2. The molecule has 2 aromatic rings. The molecule has 25 heavy (non-hydrogen) atoms. The van der Waals surface area contributed by atoms with E-state index >= 15 is 0 Å². The minimum atomic E-state index is 0.139. The first kappa shape index (κ1) is 15.9. The Labute approximate surface area is 147 Å².